The summed E-state index contributed by atoms with van der Waals surface area (Å²) >= 11 is 0. The highest BCUT2D eigenvalue weighted by atomic mass is 16.5. The molecule has 0 fully saturated rings. The highest BCUT2D eigenvalue weighted by molar-refractivity contribution is 6.05. The molecule has 17 heavy (non-hydrogen) atoms. The van der Waals surface area contributed by atoms with Gasteiger partial charge in [-0.05, 0) is 31.5 Å². The number of aryl methyl sites for hydroxylation is 2. The first kappa shape index (κ1) is 11.2. The molecular formula is C12H12N2O3. The van der Waals surface area contributed by atoms with Crippen molar-refractivity contribution in [1.29, 1.82) is 0 Å². The molecule has 0 saturated carbocycles. The van der Waals surface area contributed by atoms with Crippen LogP contribution in [0.4, 0.5) is 5.69 Å². The molecule has 1 amide bonds. The minimum atomic E-state index is -0.358. The standard InChI is InChI=1S/C12H12N2O3/c1-7-3-4-10(11(15)5-7)14-12(16)9-6-13-17-8(9)2/h3-6,15H,1-2H3,(H,14,16). The minimum Gasteiger partial charge on any atom is -0.506 e. The van der Waals surface area contributed by atoms with Gasteiger partial charge in [-0.25, -0.2) is 0 Å². The Labute approximate surface area is 98.1 Å². The SMILES string of the molecule is Cc1ccc(NC(=O)c2cnoc2C)c(O)c1. The van der Waals surface area contributed by atoms with Crippen molar-refractivity contribution in [2.75, 3.05) is 5.32 Å². The van der Waals surface area contributed by atoms with Crippen molar-refractivity contribution >= 4 is 11.6 Å². The zero-order valence-electron chi connectivity index (χ0n) is 9.52. The van der Waals surface area contributed by atoms with Crippen LogP contribution in [0.25, 0.3) is 0 Å². The summed E-state index contributed by atoms with van der Waals surface area (Å²) in [5, 5.41) is 15.8. The van der Waals surface area contributed by atoms with Gasteiger partial charge in [0, 0.05) is 0 Å². The van der Waals surface area contributed by atoms with E-state index >= 15 is 0 Å². The van der Waals surface area contributed by atoms with Crippen LogP contribution in [0.1, 0.15) is 21.7 Å². The van der Waals surface area contributed by atoms with Gasteiger partial charge in [0.1, 0.15) is 17.1 Å². The summed E-state index contributed by atoms with van der Waals surface area (Å²) in [4.78, 5) is 11.8. The van der Waals surface area contributed by atoms with Crippen molar-refractivity contribution in [3.63, 3.8) is 0 Å². The number of aromatic nitrogens is 1. The molecule has 0 saturated heterocycles. The second kappa shape index (κ2) is 4.29. The smallest absolute Gasteiger partial charge is 0.260 e. The zero-order chi connectivity index (χ0) is 12.4. The number of carbonyl (C=O) groups is 1. The van der Waals surface area contributed by atoms with E-state index < -0.39 is 0 Å². The maximum Gasteiger partial charge on any atom is 0.260 e. The highest BCUT2D eigenvalue weighted by Gasteiger charge is 2.14. The van der Waals surface area contributed by atoms with Crippen molar-refractivity contribution in [2.24, 2.45) is 0 Å². The van der Waals surface area contributed by atoms with E-state index in [0.717, 1.165) is 5.56 Å². The fourth-order valence-electron chi connectivity index (χ4n) is 1.45. The van der Waals surface area contributed by atoms with Gasteiger partial charge in [-0.15, -0.1) is 0 Å². The molecule has 0 atom stereocenters. The van der Waals surface area contributed by atoms with Gasteiger partial charge in [0.25, 0.3) is 5.91 Å². The van der Waals surface area contributed by atoms with Gasteiger partial charge < -0.3 is 14.9 Å². The van der Waals surface area contributed by atoms with Crippen molar-refractivity contribution in [1.82, 2.24) is 5.16 Å². The van der Waals surface area contributed by atoms with Crippen LogP contribution in [0, 0.1) is 13.8 Å². The number of carbonyl (C=O) groups excluding carboxylic acids is 1. The van der Waals surface area contributed by atoms with Gasteiger partial charge in [-0.1, -0.05) is 11.2 Å². The van der Waals surface area contributed by atoms with Crippen LogP contribution in [0.3, 0.4) is 0 Å². The van der Waals surface area contributed by atoms with Crippen molar-refractivity contribution in [3.05, 3.63) is 41.3 Å². The Bertz CT molecular complexity index is 561. The average Bonchev–Trinajstić information content (AvgIpc) is 2.68. The van der Waals surface area contributed by atoms with Crippen LogP contribution in [-0.4, -0.2) is 16.2 Å². The Morgan fingerprint density at radius 2 is 2.18 bits per heavy atom. The molecule has 0 spiro atoms. The number of nitrogens with one attached hydrogen (secondary N) is 1. The minimum absolute atomic E-state index is 0.0347. The number of hydrogen-bond donors (Lipinski definition) is 2. The molecule has 2 aromatic rings. The van der Waals surface area contributed by atoms with E-state index in [1.807, 2.05) is 6.92 Å². The molecule has 2 N–H and O–H groups in total. The van der Waals surface area contributed by atoms with Gasteiger partial charge in [0.2, 0.25) is 0 Å². The predicted octanol–water partition coefficient (Wildman–Crippen LogP) is 2.25. The number of nitrogens with zero attached hydrogens (tertiary/aromatic N) is 1. The summed E-state index contributed by atoms with van der Waals surface area (Å²) in [5.74, 6) is 0.115. The first-order valence-electron chi connectivity index (χ1n) is 5.10. The maximum absolute atomic E-state index is 11.8. The second-order valence-corrected chi connectivity index (χ2v) is 3.77. The number of benzene rings is 1. The van der Waals surface area contributed by atoms with E-state index in [1.165, 1.54) is 6.20 Å². The van der Waals surface area contributed by atoms with Crippen LogP contribution in [0.15, 0.2) is 28.9 Å². The van der Waals surface area contributed by atoms with E-state index in [2.05, 4.69) is 10.5 Å². The van der Waals surface area contributed by atoms with E-state index in [1.54, 1.807) is 25.1 Å². The van der Waals surface area contributed by atoms with Crippen molar-refractivity contribution in [3.8, 4) is 5.75 Å². The summed E-state index contributed by atoms with van der Waals surface area (Å²) in [6.07, 6.45) is 1.34. The molecule has 1 aromatic heterocycles. The lowest BCUT2D eigenvalue weighted by molar-refractivity contribution is 0.102. The van der Waals surface area contributed by atoms with E-state index in [4.69, 9.17) is 4.52 Å². The Morgan fingerprint density at radius 1 is 1.41 bits per heavy atom. The fourth-order valence-corrected chi connectivity index (χ4v) is 1.45. The quantitative estimate of drug-likeness (QED) is 0.778. The molecule has 5 nitrogen and oxygen atoms in total. The van der Waals surface area contributed by atoms with Gasteiger partial charge in [-0.3, -0.25) is 4.79 Å². The monoisotopic (exact) mass is 232 g/mol. The topological polar surface area (TPSA) is 75.4 Å². The van der Waals surface area contributed by atoms with Gasteiger partial charge in [-0.2, -0.15) is 0 Å². The molecule has 0 unspecified atom stereocenters. The van der Waals surface area contributed by atoms with Crippen molar-refractivity contribution in [2.45, 2.75) is 13.8 Å². The molecule has 0 aliphatic rings. The lowest BCUT2D eigenvalue weighted by Gasteiger charge is -2.06. The van der Waals surface area contributed by atoms with Gasteiger partial charge in [0.05, 0.1) is 11.9 Å². The molecule has 1 aromatic carbocycles. The Kier molecular flexibility index (Phi) is 2.82. The highest BCUT2D eigenvalue weighted by Crippen LogP contribution is 2.24. The third kappa shape index (κ3) is 2.28. The molecule has 0 aliphatic heterocycles. The number of phenols is 1. The van der Waals surface area contributed by atoms with E-state index in [-0.39, 0.29) is 11.7 Å². The average molecular weight is 232 g/mol. The number of rotatable bonds is 2. The lowest BCUT2D eigenvalue weighted by Crippen LogP contribution is -2.12. The summed E-state index contributed by atoms with van der Waals surface area (Å²) < 4.78 is 4.80. The second-order valence-electron chi connectivity index (χ2n) is 3.77. The summed E-state index contributed by atoms with van der Waals surface area (Å²) in [6.45, 7) is 3.51. The van der Waals surface area contributed by atoms with Crippen LogP contribution >= 0.6 is 0 Å². The lowest BCUT2D eigenvalue weighted by atomic mass is 10.2. The molecule has 88 valence electrons. The molecule has 1 heterocycles. The van der Waals surface area contributed by atoms with Crippen LogP contribution in [-0.2, 0) is 0 Å². The first-order chi connectivity index (χ1) is 8.08. The Morgan fingerprint density at radius 3 is 2.76 bits per heavy atom. The largest absolute Gasteiger partial charge is 0.506 e. The van der Waals surface area contributed by atoms with Crippen LogP contribution in [0.5, 0.6) is 5.75 Å². The van der Waals surface area contributed by atoms with Crippen LogP contribution < -0.4 is 5.32 Å². The third-order valence-corrected chi connectivity index (χ3v) is 2.40. The van der Waals surface area contributed by atoms with E-state index in [9.17, 15) is 9.90 Å². The van der Waals surface area contributed by atoms with Gasteiger partial charge >= 0.3 is 0 Å². The normalized spacial score (nSPS) is 10.2. The number of anilines is 1. The number of aromatic hydroxyl groups is 1. The van der Waals surface area contributed by atoms with Gasteiger partial charge in [0.15, 0.2) is 0 Å². The number of amides is 1. The van der Waals surface area contributed by atoms with Crippen LogP contribution in [0.2, 0.25) is 0 Å². The molecule has 2 rings (SSSR count). The Hall–Kier alpha value is -2.30. The zero-order valence-corrected chi connectivity index (χ0v) is 9.52. The third-order valence-electron chi connectivity index (χ3n) is 2.40. The molecular weight excluding hydrogens is 220 g/mol. The Balaban J connectivity index is 2.22. The molecule has 0 bridgehead atoms. The van der Waals surface area contributed by atoms with E-state index in [0.29, 0.717) is 17.0 Å². The maximum atomic E-state index is 11.8. The van der Waals surface area contributed by atoms with Crippen molar-refractivity contribution < 1.29 is 14.4 Å². The molecule has 5 heteroatoms. The number of hydrogen-bond acceptors (Lipinski definition) is 4. The summed E-state index contributed by atoms with van der Waals surface area (Å²) in [6, 6.07) is 5.03. The summed E-state index contributed by atoms with van der Waals surface area (Å²) in [5.41, 5.74) is 1.63. The summed E-state index contributed by atoms with van der Waals surface area (Å²) in [7, 11) is 0. The number of phenolic OH excluding ortho intramolecular Hbond substituents is 1. The molecule has 0 radical (unpaired) electrons. The predicted molar refractivity (Wildman–Crippen MR) is 62.0 cm³/mol. The first-order valence-corrected chi connectivity index (χ1v) is 5.10. The molecule has 0 aliphatic carbocycles. The fraction of sp³-hybridized carbons (Fsp3) is 0.167.